The van der Waals surface area contributed by atoms with Crippen molar-refractivity contribution >= 4 is 0 Å². The number of hydrogen-bond donors (Lipinski definition) is 1. The van der Waals surface area contributed by atoms with Crippen molar-refractivity contribution in [1.29, 1.82) is 0 Å². The largest absolute Gasteiger partial charge is 0.493 e. The molecule has 4 nitrogen and oxygen atoms in total. The summed E-state index contributed by atoms with van der Waals surface area (Å²) in [6, 6.07) is 6.12. The number of rotatable bonds is 7. The van der Waals surface area contributed by atoms with Crippen LogP contribution >= 0.6 is 0 Å². The van der Waals surface area contributed by atoms with Crippen molar-refractivity contribution in [3.8, 4) is 11.5 Å². The molecule has 0 aliphatic heterocycles. The molecule has 0 fully saturated rings. The van der Waals surface area contributed by atoms with Crippen molar-refractivity contribution in [2.75, 3.05) is 20.8 Å². The lowest BCUT2D eigenvalue weighted by atomic mass is 9.96. The highest BCUT2D eigenvalue weighted by atomic mass is 16.5. The molecule has 4 heteroatoms. The molecule has 0 radical (unpaired) electrons. The summed E-state index contributed by atoms with van der Waals surface area (Å²) in [5, 5.41) is 3.56. The van der Waals surface area contributed by atoms with Crippen molar-refractivity contribution in [1.82, 2.24) is 5.32 Å². The minimum Gasteiger partial charge on any atom is -0.493 e. The molecule has 0 aliphatic carbocycles. The normalized spacial score (nSPS) is 12.2. The van der Waals surface area contributed by atoms with Crippen LogP contribution in [-0.2, 0) is 0 Å². The van der Waals surface area contributed by atoms with Crippen LogP contribution in [0.25, 0.3) is 0 Å². The van der Waals surface area contributed by atoms with E-state index in [4.69, 9.17) is 13.9 Å². The standard InChI is InChI=1S/C17H23NO3/c1-5-7-18-17(13-6-8-21-11-13)14-10-16(20-4)15(19-3)9-12(14)2/h6,8-11,17-18H,5,7H2,1-4H3. The van der Waals surface area contributed by atoms with E-state index in [1.54, 1.807) is 26.7 Å². The van der Waals surface area contributed by atoms with Gasteiger partial charge in [-0.3, -0.25) is 0 Å². The summed E-state index contributed by atoms with van der Waals surface area (Å²) in [7, 11) is 3.31. The molecule has 0 bridgehead atoms. The van der Waals surface area contributed by atoms with E-state index in [0.717, 1.165) is 35.6 Å². The average molecular weight is 289 g/mol. The van der Waals surface area contributed by atoms with Crippen LogP contribution in [0.3, 0.4) is 0 Å². The molecular weight excluding hydrogens is 266 g/mol. The van der Waals surface area contributed by atoms with E-state index in [2.05, 4.69) is 19.2 Å². The predicted molar refractivity (Wildman–Crippen MR) is 83.1 cm³/mol. The Bertz CT molecular complexity index is 564. The van der Waals surface area contributed by atoms with E-state index in [0.29, 0.717) is 0 Å². The van der Waals surface area contributed by atoms with Crippen molar-refractivity contribution in [2.45, 2.75) is 26.3 Å². The van der Waals surface area contributed by atoms with E-state index in [9.17, 15) is 0 Å². The number of furan rings is 1. The number of nitrogens with one attached hydrogen (secondary N) is 1. The maximum absolute atomic E-state index is 5.43. The number of aryl methyl sites for hydroxylation is 1. The van der Waals surface area contributed by atoms with E-state index < -0.39 is 0 Å². The fourth-order valence-corrected chi connectivity index (χ4v) is 2.44. The average Bonchev–Trinajstić information content (AvgIpc) is 3.02. The van der Waals surface area contributed by atoms with Gasteiger partial charge in [0, 0.05) is 5.56 Å². The maximum Gasteiger partial charge on any atom is 0.161 e. The molecule has 1 aromatic carbocycles. The molecule has 0 saturated carbocycles. The lowest BCUT2D eigenvalue weighted by Crippen LogP contribution is -2.23. The molecule has 0 spiro atoms. The Kier molecular flexibility index (Phi) is 5.28. The Labute approximate surface area is 126 Å². The monoisotopic (exact) mass is 289 g/mol. The Balaban J connectivity index is 2.44. The zero-order valence-electron chi connectivity index (χ0n) is 13.1. The highest BCUT2D eigenvalue weighted by Crippen LogP contribution is 2.35. The Hall–Kier alpha value is -1.94. The molecule has 114 valence electrons. The van der Waals surface area contributed by atoms with Gasteiger partial charge in [0.2, 0.25) is 0 Å². The van der Waals surface area contributed by atoms with Gasteiger partial charge in [0.25, 0.3) is 0 Å². The zero-order chi connectivity index (χ0) is 15.2. The first-order valence-electron chi connectivity index (χ1n) is 7.19. The van der Waals surface area contributed by atoms with Crippen LogP contribution in [-0.4, -0.2) is 20.8 Å². The van der Waals surface area contributed by atoms with E-state index in [1.165, 1.54) is 5.56 Å². The molecule has 1 unspecified atom stereocenters. The first kappa shape index (κ1) is 15.4. The number of benzene rings is 1. The molecule has 1 heterocycles. The van der Waals surface area contributed by atoms with Gasteiger partial charge in [0.05, 0.1) is 32.8 Å². The fraction of sp³-hybridized carbons (Fsp3) is 0.412. The van der Waals surface area contributed by atoms with Crippen LogP contribution in [0.2, 0.25) is 0 Å². The predicted octanol–water partition coefficient (Wildman–Crippen LogP) is 3.69. The first-order chi connectivity index (χ1) is 10.2. The molecule has 0 aliphatic rings. The summed E-state index contributed by atoms with van der Waals surface area (Å²) in [5.41, 5.74) is 3.43. The van der Waals surface area contributed by atoms with Gasteiger partial charge >= 0.3 is 0 Å². The van der Waals surface area contributed by atoms with Gasteiger partial charge in [-0.25, -0.2) is 0 Å². The molecule has 0 saturated heterocycles. The van der Waals surface area contributed by atoms with Crippen LogP contribution in [0.4, 0.5) is 0 Å². The number of methoxy groups -OCH3 is 2. The quantitative estimate of drug-likeness (QED) is 0.844. The lowest BCUT2D eigenvalue weighted by Gasteiger charge is -2.21. The number of ether oxygens (including phenoxy) is 2. The van der Waals surface area contributed by atoms with Gasteiger partial charge in [0.15, 0.2) is 11.5 Å². The molecule has 1 atom stereocenters. The Morgan fingerprint density at radius 3 is 2.48 bits per heavy atom. The van der Waals surface area contributed by atoms with Crippen molar-refractivity contribution in [3.63, 3.8) is 0 Å². The van der Waals surface area contributed by atoms with Crippen molar-refractivity contribution in [2.24, 2.45) is 0 Å². The van der Waals surface area contributed by atoms with Crippen molar-refractivity contribution < 1.29 is 13.9 Å². The van der Waals surface area contributed by atoms with Crippen LogP contribution in [0.1, 0.15) is 36.1 Å². The third-order valence-electron chi connectivity index (χ3n) is 3.56. The SMILES string of the molecule is CCCNC(c1ccoc1)c1cc(OC)c(OC)cc1C. The summed E-state index contributed by atoms with van der Waals surface area (Å²) in [6.45, 7) is 5.17. The summed E-state index contributed by atoms with van der Waals surface area (Å²) < 4.78 is 16.0. The second kappa shape index (κ2) is 7.18. The minimum atomic E-state index is 0.0866. The maximum atomic E-state index is 5.43. The van der Waals surface area contributed by atoms with Gasteiger partial charge in [-0.05, 0) is 49.2 Å². The highest BCUT2D eigenvalue weighted by molar-refractivity contribution is 5.49. The second-order valence-electron chi connectivity index (χ2n) is 5.01. The molecule has 1 aromatic heterocycles. The molecule has 2 aromatic rings. The van der Waals surface area contributed by atoms with Gasteiger partial charge in [-0.15, -0.1) is 0 Å². The highest BCUT2D eigenvalue weighted by Gasteiger charge is 2.19. The van der Waals surface area contributed by atoms with Gasteiger partial charge in [0.1, 0.15) is 0 Å². The van der Waals surface area contributed by atoms with Gasteiger partial charge in [-0.1, -0.05) is 6.92 Å². The van der Waals surface area contributed by atoms with Crippen LogP contribution in [0.5, 0.6) is 11.5 Å². The van der Waals surface area contributed by atoms with Gasteiger partial charge < -0.3 is 19.2 Å². The second-order valence-corrected chi connectivity index (χ2v) is 5.01. The van der Waals surface area contributed by atoms with Crippen LogP contribution in [0, 0.1) is 6.92 Å². The summed E-state index contributed by atoms with van der Waals surface area (Å²) in [5.74, 6) is 1.49. The first-order valence-corrected chi connectivity index (χ1v) is 7.19. The molecule has 2 rings (SSSR count). The van der Waals surface area contributed by atoms with Crippen LogP contribution in [0.15, 0.2) is 35.1 Å². The Morgan fingerprint density at radius 1 is 1.19 bits per heavy atom. The zero-order valence-corrected chi connectivity index (χ0v) is 13.1. The molecule has 0 amide bonds. The lowest BCUT2D eigenvalue weighted by molar-refractivity contribution is 0.353. The van der Waals surface area contributed by atoms with Crippen LogP contribution < -0.4 is 14.8 Å². The topological polar surface area (TPSA) is 43.6 Å². The van der Waals surface area contributed by atoms with E-state index in [1.807, 2.05) is 18.2 Å². The summed E-state index contributed by atoms with van der Waals surface area (Å²) >= 11 is 0. The summed E-state index contributed by atoms with van der Waals surface area (Å²) in [4.78, 5) is 0. The third kappa shape index (κ3) is 3.39. The third-order valence-corrected chi connectivity index (χ3v) is 3.56. The van der Waals surface area contributed by atoms with E-state index >= 15 is 0 Å². The van der Waals surface area contributed by atoms with Crippen molar-refractivity contribution in [3.05, 3.63) is 47.4 Å². The molecule has 21 heavy (non-hydrogen) atoms. The number of hydrogen-bond acceptors (Lipinski definition) is 4. The van der Waals surface area contributed by atoms with Gasteiger partial charge in [-0.2, -0.15) is 0 Å². The Morgan fingerprint density at radius 2 is 1.90 bits per heavy atom. The molecule has 1 N–H and O–H groups in total. The smallest absolute Gasteiger partial charge is 0.161 e. The van der Waals surface area contributed by atoms with E-state index in [-0.39, 0.29) is 6.04 Å². The summed E-state index contributed by atoms with van der Waals surface area (Å²) in [6.07, 6.45) is 4.55. The fourth-order valence-electron chi connectivity index (χ4n) is 2.44. The minimum absolute atomic E-state index is 0.0866. The molecular formula is C17H23NO3.